The molecule has 2 heterocycles. The largest absolute Gasteiger partial charge is 0.495 e. The summed E-state index contributed by atoms with van der Waals surface area (Å²) in [6, 6.07) is 8.90. The predicted octanol–water partition coefficient (Wildman–Crippen LogP) is 4.77. The number of carbonyl (C=O) groups excluding carboxylic acids is 1. The van der Waals surface area contributed by atoms with Crippen LogP contribution < -0.4 is 20.7 Å². The first-order valence-corrected chi connectivity index (χ1v) is 10.9. The number of methoxy groups -OCH3 is 1. The van der Waals surface area contributed by atoms with Gasteiger partial charge in [0.1, 0.15) is 17.1 Å². The topological polar surface area (TPSA) is 88.2 Å². The first-order valence-electron chi connectivity index (χ1n) is 10.9. The molecular formula is C24H22F3N5O2. The number of ether oxygens (including phenoxy) is 1. The Morgan fingerprint density at radius 1 is 1.03 bits per heavy atom. The van der Waals surface area contributed by atoms with Crippen molar-refractivity contribution in [2.45, 2.75) is 32.0 Å². The summed E-state index contributed by atoms with van der Waals surface area (Å²) in [4.78, 5) is 20.4. The van der Waals surface area contributed by atoms with E-state index < -0.39 is 17.6 Å². The molecule has 0 amide bonds. The van der Waals surface area contributed by atoms with Crippen molar-refractivity contribution in [1.29, 1.82) is 0 Å². The van der Waals surface area contributed by atoms with Gasteiger partial charge in [0.15, 0.2) is 5.78 Å². The molecule has 2 aromatic carbocycles. The third kappa shape index (κ3) is 4.16. The Kier molecular flexibility index (Phi) is 5.60. The molecule has 176 valence electrons. The van der Waals surface area contributed by atoms with Gasteiger partial charge in [0.25, 0.3) is 0 Å². The van der Waals surface area contributed by atoms with Crippen LogP contribution >= 0.6 is 0 Å². The van der Waals surface area contributed by atoms with Crippen molar-refractivity contribution in [3.8, 4) is 5.75 Å². The summed E-state index contributed by atoms with van der Waals surface area (Å²) in [7, 11) is 1.53. The number of ketones is 1. The smallest absolute Gasteiger partial charge is 0.421 e. The average Bonchev–Trinajstić information content (AvgIpc) is 3.20. The number of aromatic nitrogens is 2. The second-order valence-electron chi connectivity index (χ2n) is 8.21. The van der Waals surface area contributed by atoms with Crippen LogP contribution in [0.5, 0.6) is 5.75 Å². The molecule has 5 rings (SSSR count). The van der Waals surface area contributed by atoms with Gasteiger partial charge < -0.3 is 20.7 Å². The zero-order valence-corrected chi connectivity index (χ0v) is 18.3. The van der Waals surface area contributed by atoms with Crippen LogP contribution in [0, 0.1) is 0 Å². The number of hydrogen-bond acceptors (Lipinski definition) is 7. The highest BCUT2D eigenvalue weighted by atomic mass is 19.4. The summed E-state index contributed by atoms with van der Waals surface area (Å²) in [5, 5.41) is 9.02. The highest BCUT2D eigenvalue weighted by Crippen LogP contribution is 2.38. The number of nitrogens with one attached hydrogen (secondary N) is 3. The van der Waals surface area contributed by atoms with E-state index in [1.807, 2.05) is 12.1 Å². The molecule has 34 heavy (non-hydrogen) atoms. The van der Waals surface area contributed by atoms with Crippen LogP contribution in [0.3, 0.4) is 0 Å². The predicted molar refractivity (Wildman–Crippen MR) is 121 cm³/mol. The molecule has 0 spiro atoms. The summed E-state index contributed by atoms with van der Waals surface area (Å²) in [6.07, 6.45) is -2.19. The van der Waals surface area contributed by atoms with Gasteiger partial charge in [-0.15, -0.1) is 0 Å². The highest BCUT2D eigenvalue weighted by molar-refractivity contribution is 6.05. The Balaban J connectivity index is 1.52. The molecule has 2 aliphatic rings. The normalized spacial score (nSPS) is 15.0. The number of aryl methyl sites for hydroxylation is 1. The van der Waals surface area contributed by atoms with Gasteiger partial charge in [0.05, 0.1) is 18.5 Å². The van der Waals surface area contributed by atoms with Crippen molar-refractivity contribution >= 4 is 28.9 Å². The first-order chi connectivity index (χ1) is 16.3. The van der Waals surface area contributed by atoms with Crippen molar-refractivity contribution in [2.24, 2.45) is 0 Å². The minimum atomic E-state index is -4.68. The number of Topliss-reactive ketones (excluding diaryl/α,β-unsaturated/α-hetero) is 1. The van der Waals surface area contributed by atoms with Crippen molar-refractivity contribution in [1.82, 2.24) is 15.3 Å². The molecule has 0 saturated carbocycles. The van der Waals surface area contributed by atoms with E-state index in [2.05, 4.69) is 25.9 Å². The van der Waals surface area contributed by atoms with Crippen molar-refractivity contribution in [2.75, 3.05) is 24.3 Å². The van der Waals surface area contributed by atoms with Crippen LogP contribution in [-0.4, -0.2) is 29.4 Å². The summed E-state index contributed by atoms with van der Waals surface area (Å²) < 4.78 is 46.7. The Bertz CT molecular complexity index is 1280. The van der Waals surface area contributed by atoms with Gasteiger partial charge in [-0.1, -0.05) is 12.1 Å². The van der Waals surface area contributed by atoms with Crippen LogP contribution in [0.2, 0.25) is 0 Å². The third-order valence-corrected chi connectivity index (χ3v) is 6.05. The number of nitrogens with zero attached hydrogens (tertiary/aromatic N) is 2. The van der Waals surface area contributed by atoms with E-state index in [-0.39, 0.29) is 11.7 Å². The van der Waals surface area contributed by atoms with E-state index in [0.29, 0.717) is 42.1 Å². The molecule has 0 saturated heterocycles. The fourth-order valence-electron chi connectivity index (χ4n) is 4.38. The summed E-state index contributed by atoms with van der Waals surface area (Å²) in [5.41, 5.74) is 3.26. The third-order valence-electron chi connectivity index (χ3n) is 6.05. The maximum atomic E-state index is 13.7. The molecular weight excluding hydrogens is 447 g/mol. The quantitative estimate of drug-likeness (QED) is 0.496. The standard InChI is InChI=1S/C24H22F3N5O2/c1-34-20-10-14-7-8-28-11-15(14)9-18(20)31-23-29-12-16(24(25,26)27)22(32-23)30-17-4-2-3-13-5-6-19(33)21(13)17/h2-4,9-10,12,28H,5-8,11H2,1H3,(H2,29,30,31,32). The van der Waals surface area contributed by atoms with Crippen LogP contribution in [0.25, 0.3) is 0 Å². The summed E-state index contributed by atoms with van der Waals surface area (Å²) in [6.45, 7) is 1.55. The minimum absolute atomic E-state index is 0.0311. The zero-order chi connectivity index (χ0) is 23.9. The molecule has 1 aromatic heterocycles. The lowest BCUT2D eigenvalue weighted by molar-refractivity contribution is -0.137. The van der Waals surface area contributed by atoms with Gasteiger partial charge in [-0.3, -0.25) is 4.79 Å². The lowest BCUT2D eigenvalue weighted by Gasteiger charge is -2.21. The molecule has 1 aliphatic carbocycles. The summed E-state index contributed by atoms with van der Waals surface area (Å²) in [5.74, 6) is -0.0234. The number of rotatable bonds is 5. The van der Waals surface area contributed by atoms with Crippen LogP contribution in [0.1, 0.15) is 39.0 Å². The van der Waals surface area contributed by atoms with Crippen LogP contribution in [0.4, 0.5) is 36.3 Å². The second-order valence-corrected chi connectivity index (χ2v) is 8.21. The average molecular weight is 469 g/mol. The van der Waals surface area contributed by atoms with Crippen LogP contribution in [-0.2, 0) is 25.6 Å². The minimum Gasteiger partial charge on any atom is -0.495 e. The Morgan fingerprint density at radius 2 is 1.88 bits per heavy atom. The molecule has 1 aliphatic heterocycles. The van der Waals surface area contributed by atoms with Gasteiger partial charge in [-0.05, 0) is 54.3 Å². The fraction of sp³-hybridized carbons (Fsp3) is 0.292. The molecule has 0 bridgehead atoms. The molecule has 0 atom stereocenters. The van der Waals surface area contributed by atoms with E-state index >= 15 is 0 Å². The Labute approximate surface area is 193 Å². The van der Waals surface area contributed by atoms with Gasteiger partial charge in [0.2, 0.25) is 5.95 Å². The number of hydrogen-bond donors (Lipinski definition) is 3. The number of alkyl halides is 3. The van der Waals surface area contributed by atoms with Crippen LogP contribution in [0.15, 0.2) is 36.5 Å². The number of halogens is 3. The lowest BCUT2D eigenvalue weighted by atomic mass is 10.00. The number of fused-ring (bicyclic) bond motifs is 2. The number of anilines is 4. The molecule has 3 aromatic rings. The SMILES string of the molecule is COc1cc2c(cc1Nc1ncc(C(F)(F)F)c(Nc3cccc4c3C(=O)CC4)n1)CNCC2. The summed E-state index contributed by atoms with van der Waals surface area (Å²) >= 11 is 0. The number of carbonyl (C=O) groups is 1. The van der Waals surface area contributed by atoms with Gasteiger partial charge in [0, 0.05) is 24.7 Å². The molecule has 10 heteroatoms. The lowest BCUT2D eigenvalue weighted by Crippen LogP contribution is -2.23. The molecule has 7 nitrogen and oxygen atoms in total. The van der Waals surface area contributed by atoms with E-state index in [1.54, 1.807) is 18.2 Å². The maximum Gasteiger partial charge on any atom is 0.421 e. The van der Waals surface area contributed by atoms with E-state index in [0.717, 1.165) is 35.9 Å². The van der Waals surface area contributed by atoms with E-state index in [9.17, 15) is 18.0 Å². The maximum absolute atomic E-state index is 13.7. The fourth-order valence-corrected chi connectivity index (χ4v) is 4.38. The molecule has 0 fully saturated rings. The second kappa shape index (κ2) is 8.60. The van der Waals surface area contributed by atoms with Gasteiger partial charge >= 0.3 is 6.18 Å². The van der Waals surface area contributed by atoms with Crippen molar-refractivity contribution in [3.05, 3.63) is 64.3 Å². The van der Waals surface area contributed by atoms with Gasteiger partial charge in [-0.2, -0.15) is 18.2 Å². The number of benzene rings is 2. The zero-order valence-electron chi connectivity index (χ0n) is 18.3. The molecule has 0 unspecified atom stereocenters. The van der Waals surface area contributed by atoms with E-state index in [1.165, 1.54) is 7.11 Å². The molecule has 0 radical (unpaired) electrons. The molecule has 3 N–H and O–H groups in total. The highest BCUT2D eigenvalue weighted by Gasteiger charge is 2.36. The Morgan fingerprint density at radius 3 is 2.68 bits per heavy atom. The van der Waals surface area contributed by atoms with Gasteiger partial charge in [-0.25, -0.2) is 4.98 Å². The van der Waals surface area contributed by atoms with Crippen molar-refractivity contribution < 1.29 is 22.7 Å². The monoisotopic (exact) mass is 469 g/mol. The first kappa shape index (κ1) is 22.1. The Hall–Kier alpha value is -3.66. The van der Waals surface area contributed by atoms with E-state index in [4.69, 9.17) is 4.74 Å². The van der Waals surface area contributed by atoms with Crippen molar-refractivity contribution in [3.63, 3.8) is 0 Å².